The van der Waals surface area contributed by atoms with Crippen LogP contribution in [0.3, 0.4) is 0 Å². The van der Waals surface area contributed by atoms with Crippen LogP contribution in [0, 0.1) is 0 Å². The maximum atomic E-state index is 15.8. The van der Waals surface area contributed by atoms with Crippen LogP contribution in [0.2, 0.25) is 5.15 Å². The van der Waals surface area contributed by atoms with E-state index in [1.165, 1.54) is 17.2 Å². The number of fused-ring (bicyclic) bond motifs is 1. The molecular formula is C24H18ClFN4O5. The predicted octanol–water partition coefficient (Wildman–Crippen LogP) is 3.80. The number of hydrogen-bond acceptors (Lipinski definition) is 8. The minimum atomic E-state index is -1.82. The van der Waals surface area contributed by atoms with Crippen LogP contribution >= 0.6 is 11.6 Å². The lowest BCUT2D eigenvalue weighted by molar-refractivity contribution is -0.0570. The zero-order chi connectivity index (χ0) is 24.4. The summed E-state index contributed by atoms with van der Waals surface area (Å²) in [6.45, 7) is -0.347. The molecule has 178 valence electrons. The quantitative estimate of drug-likeness (QED) is 0.293. The largest absolute Gasteiger partial charge is 0.459 e. The molecule has 0 spiro atoms. The van der Waals surface area contributed by atoms with Gasteiger partial charge in [-0.05, 0) is 24.3 Å². The van der Waals surface area contributed by atoms with Crippen LogP contribution in [-0.2, 0) is 14.2 Å². The van der Waals surface area contributed by atoms with Gasteiger partial charge in [-0.1, -0.05) is 48.0 Å². The fraction of sp³-hybridized carbons (Fsp3) is 0.208. The minimum absolute atomic E-state index is 0.0996. The number of carbonyl (C=O) groups excluding carboxylic acids is 2. The average Bonchev–Trinajstić information content (AvgIpc) is 3.45. The van der Waals surface area contributed by atoms with Crippen LogP contribution in [0.1, 0.15) is 26.9 Å². The normalized spacial score (nSPS) is 21.7. The van der Waals surface area contributed by atoms with E-state index >= 15 is 4.39 Å². The highest BCUT2D eigenvalue weighted by atomic mass is 35.5. The van der Waals surface area contributed by atoms with E-state index in [0.717, 1.165) is 0 Å². The average molecular weight is 497 g/mol. The second-order valence-corrected chi connectivity index (χ2v) is 8.06. The van der Waals surface area contributed by atoms with Gasteiger partial charge in [0.05, 0.1) is 17.5 Å². The molecule has 3 heterocycles. The molecule has 11 heteroatoms. The number of esters is 2. The van der Waals surface area contributed by atoms with Gasteiger partial charge < -0.3 is 14.2 Å². The molecule has 0 aliphatic carbocycles. The number of imidazole rings is 1. The van der Waals surface area contributed by atoms with Gasteiger partial charge in [0.2, 0.25) is 0 Å². The van der Waals surface area contributed by atoms with Gasteiger partial charge in [-0.2, -0.15) is 0 Å². The Morgan fingerprint density at radius 2 is 1.63 bits per heavy atom. The van der Waals surface area contributed by atoms with Crippen molar-refractivity contribution in [2.75, 3.05) is 6.61 Å². The fourth-order valence-electron chi connectivity index (χ4n) is 3.78. The van der Waals surface area contributed by atoms with Crippen molar-refractivity contribution in [1.82, 2.24) is 19.5 Å². The van der Waals surface area contributed by atoms with E-state index in [1.54, 1.807) is 60.7 Å². The highest BCUT2D eigenvalue weighted by Gasteiger charge is 2.49. The number of rotatable bonds is 6. The molecular weight excluding hydrogens is 479 g/mol. The summed E-state index contributed by atoms with van der Waals surface area (Å²) in [5, 5.41) is 0.0996. The molecule has 9 nitrogen and oxygen atoms in total. The van der Waals surface area contributed by atoms with E-state index in [-0.39, 0.29) is 28.5 Å². The number of aromatic nitrogens is 4. The third-order valence-corrected chi connectivity index (χ3v) is 5.77. The Hall–Kier alpha value is -3.89. The van der Waals surface area contributed by atoms with Crippen molar-refractivity contribution in [1.29, 1.82) is 0 Å². The predicted molar refractivity (Wildman–Crippen MR) is 122 cm³/mol. The van der Waals surface area contributed by atoms with Crippen LogP contribution in [0.15, 0.2) is 73.3 Å². The summed E-state index contributed by atoms with van der Waals surface area (Å²) < 4.78 is 33.8. The van der Waals surface area contributed by atoms with Gasteiger partial charge in [0.1, 0.15) is 24.6 Å². The lowest BCUT2D eigenvalue weighted by Crippen LogP contribution is -2.37. The molecule has 1 unspecified atom stereocenters. The number of carbonyl (C=O) groups is 2. The number of benzene rings is 2. The monoisotopic (exact) mass is 496 g/mol. The first-order valence-corrected chi connectivity index (χ1v) is 11.0. The zero-order valence-corrected chi connectivity index (χ0v) is 18.8. The van der Waals surface area contributed by atoms with Crippen LogP contribution in [-0.4, -0.2) is 56.4 Å². The van der Waals surface area contributed by atoms with E-state index in [0.29, 0.717) is 5.56 Å². The lowest BCUT2D eigenvalue weighted by Gasteiger charge is -2.19. The summed E-state index contributed by atoms with van der Waals surface area (Å²) in [5.74, 6) is -1.35. The summed E-state index contributed by atoms with van der Waals surface area (Å²) in [7, 11) is 0. The standard InChI is InChI=1S/C24H18ClFN4O5/c25-20-18-21(28-12-27-20)30(13-29-18)22-17(26)19(35-24(32)15-9-5-2-6-10-15)16(34-22)11-33-23(31)14-7-3-1-4-8-14/h1-10,12-13,16-17,19,22H,11H2/t16-,17?,19-,22-/m1/s1. The van der Waals surface area contributed by atoms with Gasteiger partial charge in [0, 0.05) is 0 Å². The highest BCUT2D eigenvalue weighted by molar-refractivity contribution is 6.33. The summed E-state index contributed by atoms with van der Waals surface area (Å²) in [6.07, 6.45) is -3.01. The Morgan fingerprint density at radius 3 is 2.31 bits per heavy atom. The molecule has 0 bridgehead atoms. The second-order valence-electron chi connectivity index (χ2n) is 7.70. The summed E-state index contributed by atoms with van der Waals surface area (Å²) in [6, 6.07) is 16.5. The van der Waals surface area contributed by atoms with Gasteiger partial charge in [0.25, 0.3) is 0 Å². The first-order chi connectivity index (χ1) is 17.0. The molecule has 1 aliphatic heterocycles. The van der Waals surface area contributed by atoms with Gasteiger partial charge in [-0.25, -0.2) is 28.9 Å². The van der Waals surface area contributed by atoms with Crippen LogP contribution in [0.4, 0.5) is 4.39 Å². The summed E-state index contributed by atoms with van der Waals surface area (Å²) >= 11 is 6.06. The van der Waals surface area contributed by atoms with Gasteiger partial charge >= 0.3 is 11.9 Å². The Kier molecular flexibility index (Phi) is 6.39. The maximum absolute atomic E-state index is 15.8. The van der Waals surface area contributed by atoms with Crippen LogP contribution in [0.25, 0.3) is 11.2 Å². The van der Waals surface area contributed by atoms with Gasteiger partial charge in [-0.3, -0.25) is 4.57 Å². The van der Waals surface area contributed by atoms with Crippen LogP contribution in [0.5, 0.6) is 0 Å². The summed E-state index contributed by atoms with van der Waals surface area (Å²) in [4.78, 5) is 37.2. The molecule has 1 fully saturated rings. The van der Waals surface area contributed by atoms with E-state index in [2.05, 4.69) is 15.0 Å². The fourth-order valence-corrected chi connectivity index (χ4v) is 3.96. The molecule has 0 N–H and O–H groups in total. The highest BCUT2D eigenvalue weighted by Crippen LogP contribution is 2.36. The first kappa shape index (κ1) is 22.9. The summed E-state index contributed by atoms with van der Waals surface area (Å²) in [5.41, 5.74) is 1.08. The Balaban J connectivity index is 1.40. The molecule has 1 aliphatic rings. The third-order valence-electron chi connectivity index (χ3n) is 5.50. The molecule has 1 saturated heterocycles. The van der Waals surface area contributed by atoms with E-state index in [1.807, 2.05) is 0 Å². The number of hydrogen-bond donors (Lipinski definition) is 0. The van der Waals surface area contributed by atoms with E-state index in [9.17, 15) is 9.59 Å². The van der Waals surface area contributed by atoms with Gasteiger partial charge in [-0.15, -0.1) is 0 Å². The minimum Gasteiger partial charge on any atom is -0.459 e. The SMILES string of the molecule is O=C(OC[C@H]1O[C@@H](n2cnc3c(Cl)ncnc32)C(F)[C@@H]1OC(=O)c1ccccc1)c1ccccc1. The van der Waals surface area contributed by atoms with Crippen molar-refractivity contribution in [2.24, 2.45) is 0 Å². The van der Waals surface area contributed by atoms with Crippen molar-refractivity contribution in [3.63, 3.8) is 0 Å². The second kappa shape index (κ2) is 9.77. The van der Waals surface area contributed by atoms with Crippen LogP contribution < -0.4 is 0 Å². The molecule has 35 heavy (non-hydrogen) atoms. The molecule has 5 rings (SSSR count). The number of alkyl halides is 1. The smallest absolute Gasteiger partial charge is 0.338 e. The number of halogens is 2. The molecule has 2 aromatic carbocycles. The van der Waals surface area contributed by atoms with Gasteiger partial charge in [0.15, 0.2) is 29.3 Å². The molecule has 2 aromatic heterocycles. The Morgan fingerprint density at radius 1 is 0.971 bits per heavy atom. The number of nitrogens with zero attached hydrogens (tertiary/aromatic N) is 4. The van der Waals surface area contributed by atoms with Crippen molar-refractivity contribution in [3.8, 4) is 0 Å². The number of ether oxygens (including phenoxy) is 3. The third kappa shape index (κ3) is 4.58. The van der Waals surface area contributed by atoms with Crippen molar-refractivity contribution >= 4 is 34.7 Å². The molecule has 0 amide bonds. The lowest BCUT2D eigenvalue weighted by atomic mass is 10.1. The van der Waals surface area contributed by atoms with E-state index < -0.39 is 36.5 Å². The van der Waals surface area contributed by atoms with Crippen molar-refractivity contribution < 1.29 is 28.2 Å². The molecule has 4 aromatic rings. The zero-order valence-electron chi connectivity index (χ0n) is 18.0. The molecule has 4 atom stereocenters. The Bertz CT molecular complexity index is 1350. The Labute approximate surface area is 203 Å². The topological polar surface area (TPSA) is 105 Å². The molecule has 0 radical (unpaired) electrons. The molecule has 0 saturated carbocycles. The van der Waals surface area contributed by atoms with E-state index in [4.69, 9.17) is 25.8 Å². The maximum Gasteiger partial charge on any atom is 0.338 e. The van der Waals surface area contributed by atoms with Crippen molar-refractivity contribution in [2.45, 2.75) is 24.6 Å². The van der Waals surface area contributed by atoms with Crippen molar-refractivity contribution in [3.05, 3.63) is 89.6 Å². The first-order valence-electron chi connectivity index (χ1n) is 10.6.